The monoisotopic (exact) mass is 543 g/mol. The number of fused-ring (bicyclic) bond motifs is 1. The number of nitrogens with zero attached hydrogens (tertiary/aromatic N) is 2. The Hall–Kier alpha value is -4.02. The standard InChI is InChI=1S/C24H14B6F3N5O3/c25-23(26,27)36-20(40)18-15-5-4-12(8-17(15)37-38-18)13-7-16(21(35-10-13)41-24(28,29)30)19(39)34-9-11-2-1-3-14(6-11)22(31,32)33/h1-8,10H,9H2,(H,34,39)(H,36,40)(H,37,38). The number of benzene rings is 2. The van der Waals surface area contributed by atoms with Gasteiger partial charge in [0.05, 0.1) is 34.6 Å². The molecule has 2 aromatic carbocycles. The van der Waals surface area contributed by atoms with E-state index in [9.17, 15) is 22.8 Å². The zero-order chi connectivity index (χ0) is 30.2. The highest BCUT2D eigenvalue weighted by Crippen LogP contribution is 2.30. The van der Waals surface area contributed by atoms with Crippen LogP contribution < -0.4 is 15.4 Å². The number of amides is 2. The van der Waals surface area contributed by atoms with Crippen LogP contribution in [0.3, 0.4) is 0 Å². The van der Waals surface area contributed by atoms with Crippen molar-refractivity contribution < 1.29 is 27.5 Å². The lowest BCUT2D eigenvalue weighted by molar-refractivity contribution is -0.137. The topological polar surface area (TPSA) is 109 Å². The van der Waals surface area contributed by atoms with Crippen molar-refractivity contribution in [2.24, 2.45) is 0 Å². The summed E-state index contributed by atoms with van der Waals surface area (Å²) in [5, 5.41) is 7.68. The van der Waals surface area contributed by atoms with E-state index < -0.39 is 34.1 Å². The average Bonchev–Trinajstić information content (AvgIpc) is 3.29. The average molecular weight is 542 g/mol. The number of alkyl halides is 3. The molecule has 12 radical (unpaired) electrons. The van der Waals surface area contributed by atoms with Crippen molar-refractivity contribution in [1.82, 2.24) is 25.8 Å². The number of halogens is 3. The Balaban J connectivity index is 1.64. The van der Waals surface area contributed by atoms with E-state index in [-0.39, 0.29) is 29.2 Å². The van der Waals surface area contributed by atoms with Crippen molar-refractivity contribution in [2.45, 2.75) is 23.3 Å². The maximum atomic E-state index is 13.1. The number of nitrogens with one attached hydrogen (secondary N) is 3. The van der Waals surface area contributed by atoms with E-state index >= 15 is 0 Å². The molecule has 0 saturated carbocycles. The van der Waals surface area contributed by atoms with Crippen molar-refractivity contribution in [2.75, 3.05) is 0 Å². The van der Waals surface area contributed by atoms with Gasteiger partial charge in [-0.15, -0.1) is 0 Å². The minimum Gasteiger partial charge on any atom is -0.500 e. The van der Waals surface area contributed by atoms with Gasteiger partial charge in [0.2, 0.25) is 5.88 Å². The first-order valence-electron chi connectivity index (χ1n) is 11.7. The van der Waals surface area contributed by atoms with Gasteiger partial charge in [-0.1, -0.05) is 23.4 Å². The van der Waals surface area contributed by atoms with E-state index in [1.54, 1.807) is 18.2 Å². The normalized spacial score (nSPS) is 12.2. The molecule has 0 aliphatic carbocycles. The van der Waals surface area contributed by atoms with Crippen LogP contribution in [0.1, 0.15) is 32.0 Å². The Bertz CT molecular complexity index is 1620. The summed E-state index contributed by atoms with van der Waals surface area (Å²) in [6.07, 6.45) is -3.20. The van der Waals surface area contributed by atoms with Crippen molar-refractivity contribution in [3.8, 4) is 17.0 Å². The van der Waals surface area contributed by atoms with Gasteiger partial charge in [0.1, 0.15) is 29.1 Å². The van der Waals surface area contributed by atoms with Gasteiger partial charge in [0.15, 0.2) is 5.69 Å². The van der Waals surface area contributed by atoms with Crippen LogP contribution in [0, 0.1) is 0 Å². The maximum Gasteiger partial charge on any atom is 0.416 e. The molecule has 0 fully saturated rings. The highest BCUT2D eigenvalue weighted by Gasteiger charge is 2.30. The molecule has 2 amide bonds. The molecule has 0 unspecified atom stereocenters. The quantitative estimate of drug-likeness (QED) is 0.287. The van der Waals surface area contributed by atoms with Gasteiger partial charge in [-0.05, 0) is 46.8 Å². The van der Waals surface area contributed by atoms with E-state index in [1.165, 1.54) is 24.4 Å². The van der Waals surface area contributed by atoms with Gasteiger partial charge in [0, 0.05) is 23.7 Å². The van der Waals surface area contributed by atoms with Gasteiger partial charge < -0.3 is 15.4 Å². The molecule has 8 nitrogen and oxygen atoms in total. The molecule has 4 aromatic rings. The van der Waals surface area contributed by atoms with Crippen LogP contribution in [0.2, 0.25) is 0 Å². The minimum atomic E-state index is -4.55. The zero-order valence-corrected chi connectivity index (χ0v) is 21.1. The second kappa shape index (κ2) is 11.1. The molecule has 0 aliphatic rings. The van der Waals surface area contributed by atoms with Gasteiger partial charge in [-0.25, -0.2) is 4.98 Å². The van der Waals surface area contributed by atoms with Crippen LogP contribution in [0.25, 0.3) is 22.0 Å². The Morgan fingerprint density at radius 1 is 0.927 bits per heavy atom. The lowest BCUT2D eigenvalue weighted by Gasteiger charge is -2.24. The Labute approximate surface area is 240 Å². The van der Waals surface area contributed by atoms with Crippen LogP contribution in [-0.2, 0) is 12.7 Å². The van der Waals surface area contributed by atoms with Gasteiger partial charge in [-0.3, -0.25) is 14.7 Å². The number of pyridine rings is 1. The number of carbonyl (C=O) groups is 2. The van der Waals surface area contributed by atoms with Gasteiger partial charge in [0.25, 0.3) is 11.8 Å². The summed E-state index contributed by atoms with van der Waals surface area (Å²) in [5.74, 6) is -1.79. The van der Waals surface area contributed by atoms with Crippen LogP contribution in [-0.4, -0.2) is 84.6 Å². The third kappa shape index (κ3) is 7.59. The predicted octanol–water partition coefficient (Wildman–Crippen LogP) is 0.916. The first-order valence-corrected chi connectivity index (χ1v) is 11.7. The fourth-order valence-corrected chi connectivity index (χ4v) is 3.78. The molecule has 0 spiro atoms. The fourth-order valence-electron chi connectivity index (χ4n) is 3.78. The summed E-state index contributed by atoms with van der Waals surface area (Å²) in [4.78, 5) is 29.6. The van der Waals surface area contributed by atoms with Crippen molar-refractivity contribution in [3.63, 3.8) is 0 Å². The van der Waals surface area contributed by atoms with E-state index in [0.717, 1.165) is 12.1 Å². The van der Waals surface area contributed by atoms with Crippen molar-refractivity contribution in [1.29, 1.82) is 0 Å². The van der Waals surface area contributed by atoms with Crippen molar-refractivity contribution in [3.05, 3.63) is 77.1 Å². The van der Waals surface area contributed by atoms with E-state index in [1.807, 2.05) is 0 Å². The van der Waals surface area contributed by atoms with E-state index in [2.05, 4.69) is 25.8 Å². The molecule has 17 heteroatoms. The SMILES string of the molecule is [B]C([B])([B])NC(=O)c1n[nH]c2cc(-c3cnc(OC([B])([B])[B])c(C(=O)NCc4cccc(C(F)(F)F)c4)c3)ccc12. The van der Waals surface area contributed by atoms with Crippen molar-refractivity contribution >= 4 is 69.8 Å². The first kappa shape index (κ1) is 30.0. The summed E-state index contributed by atoms with van der Waals surface area (Å²) in [6, 6.07) is 10.7. The lowest BCUT2D eigenvalue weighted by atomic mass is 9.49. The molecule has 3 N–H and O–H groups in total. The number of rotatable bonds is 8. The largest absolute Gasteiger partial charge is 0.500 e. The number of aromatic nitrogens is 3. The molecule has 41 heavy (non-hydrogen) atoms. The molecule has 0 aliphatic heterocycles. The summed E-state index contributed by atoms with van der Waals surface area (Å²) >= 11 is 0. The third-order valence-corrected chi connectivity index (χ3v) is 5.52. The number of H-pyrrole nitrogens is 1. The highest BCUT2D eigenvalue weighted by atomic mass is 19.4. The number of hydrogen-bond acceptors (Lipinski definition) is 5. The summed E-state index contributed by atoms with van der Waals surface area (Å²) in [7, 11) is 32.8. The number of carbonyl (C=O) groups excluding carboxylic acids is 2. The molecule has 0 atom stereocenters. The summed E-state index contributed by atoms with van der Waals surface area (Å²) in [5.41, 5.74) is 0.542. The highest BCUT2D eigenvalue weighted by molar-refractivity contribution is 6.60. The molecule has 0 saturated heterocycles. The number of ether oxygens (including phenoxy) is 1. The predicted molar refractivity (Wildman–Crippen MR) is 150 cm³/mol. The lowest BCUT2D eigenvalue weighted by Crippen LogP contribution is -2.50. The van der Waals surface area contributed by atoms with E-state index in [4.69, 9.17) is 51.8 Å². The van der Waals surface area contributed by atoms with Crippen LogP contribution >= 0.6 is 0 Å². The minimum absolute atomic E-state index is 0.0148. The Morgan fingerprint density at radius 2 is 1.66 bits per heavy atom. The summed E-state index contributed by atoms with van der Waals surface area (Å²) in [6.45, 7) is -0.244. The van der Waals surface area contributed by atoms with E-state index in [0.29, 0.717) is 22.0 Å². The first-order chi connectivity index (χ1) is 19.0. The molecule has 192 valence electrons. The number of aromatic amines is 1. The van der Waals surface area contributed by atoms with Crippen LogP contribution in [0.5, 0.6) is 5.88 Å². The molecule has 0 bridgehead atoms. The van der Waals surface area contributed by atoms with Gasteiger partial charge >= 0.3 is 6.18 Å². The molecular formula is C24H14B6F3N5O3. The third-order valence-electron chi connectivity index (χ3n) is 5.52. The maximum absolute atomic E-state index is 13.1. The summed E-state index contributed by atoms with van der Waals surface area (Å²) < 4.78 is 44.4. The smallest absolute Gasteiger partial charge is 0.416 e. The van der Waals surface area contributed by atoms with Crippen LogP contribution in [0.4, 0.5) is 13.2 Å². The Kier molecular flexibility index (Phi) is 8.11. The second-order valence-electron chi connectivity index (χ2n) is 9.13. The van der Waals surface area contributed by atoms with Crippen LogP contribution in [0.15, 0.2) is 54.7 Å². The molecule has 2 heterocycles. The molecular weight excluding hydrogens is 528 g/mol. The fraction of sp³-hybridized carbons (Fsp3) is 0.167. The molecule has 4 rings (SSSR count). The zero-order valence-electron chi connectivity index (χ0n) is 21.1. The second-order valence-corrected chi connectivity index (χ2v) is 9.13. The Morgan fingerprint density at radius 3 is 2.32 bits per heavy atom. The molecule has 2 aromatic heterocycles. The van der Waals surface area contributed by atoms with Gasteiger partial charge in [-0.2, -0.15) is 18.3 Å². The number of hydrogen-bond donors (Lipinski definition) is 3.